The Hall–Kier alpha value is -2.62. The van der Waals surface area contributed by atoms with Crippen LogP contribution in [0.1, 0.15) is 42.2 Å². The first kappa shape index (κ1) is 15.8. The Bertz CT molecular complexity index is 653. The number of hydrogen-bond acceptors (Lipinski definition) is 2. The number of hydrogen-bond donors (Lipinski definition) is 2. The van der Waals surface area contributed by atoms with Gasteiger partial charge in [-0.3, -0.25) is 9.59 Å². The fourth-order valence-electron chi connectivity index (χ4n) is 2.13. The van der Waals surface area contributed by atoms with Gasteiger partial charge in [0.25, 0.3) is 5.91 Å². The lowest BCUT2D eigenvalue weighted by atomic mass is 10.1. The van der Waals surface area contributed by atoms with Gasteiger partial charge in [0.2, 0.25) is 5.91 Å². The molecule has 0 saturated carbocycles. The molecule has 2 rings (SSSR count). The topological polar surface area (TPSA) is 58.2 Å². The van der Waals surface area contributed by atoms with Crippen molar-refractivity contribution >= 4 is 17.5 Å². The summed E-state index contributed by atoms with van der Waals surface area (Å²) in [5, 5.41) is 5.71. The first-order valence-corrected chi connectivity index (χ1v) is 7.36. The van der Waals surface area contributed by atoms with Crippen LogP contribution >= 0.6 is 0 Å². The lowest BCUT2D eigenvalue weighted by Crippen LogP contribution is -2.27. The number of para-hydroxylation sites is 1. The second kappa shape index (κ2) is 7.41. The average molecular weight is 296 g/mol. The van der Waals surface area contributed by atoms with Crippen LogP contribution in [0.3, 0.4) is 0 Å². The first-order chi connectivity index (χ1) is 10.6. The Kier molecular flexibility index (Phi) is 5.31. The van der Waals surface area contributed by atoms with E-state index in [4.69, 9.17) is 0 Å². The Balaban J connectivity index is 2.14. The molecule has 4 heteroatoms. The normalized spacial score (nSPS) is 11.5. The van der Waals surface area contributed by atoms with Crippen molar-refractivity contribution < 1.29 is 9.59 Å². The van der Waals surface area contributed by atoms with E-state index in [1.807, 2.05) is 37.3 Å². The molecule has 2 amide bonds. The molecule has 22 heavy (non-hydrogen) atoms. The predicted molar refractivity (Wildman–Crippen MR) is 87.7 cm³/mol. The van der Waals surface area contributed by atoms with E-state index in [-0.39, 0.29) is 17.9 Å². The fourth-order valence-corrected chi connectivity index (χ4v) is 2.13. The molecule has 114 valence electrons. The summed E-state index contributed by atoms with van der Waals surface area (Å²) in [6.07, 6.45) is 0.371. The zero-order valence-electron chi connectivity index (χ0n) is 12.8. The third-order valence-electron chi connectivity index (χ3n) is 3.41. The number of benzene rings is 2. The zero-order valence-corrected chi connectivity index (χ0v) is 12.8. The molecule has 0 aliphatic carbocycles. The summed E-state index contributed by atoms with van der Waals surface area (Å²) in [5.41, 5.74) is 2.03. The maximum absolute atomic E-state index is 12.5. The summed E-state index contributed by atoms with van der Waals surface area (Å²) < 4.78 is 0. The van der Waals surface area contributed by atoms with Gasteiger partial charge in [-0.2, -0.15) is 0 Å². The molecule has 4 nitrogen and oxygen atoms in total. The molecule has 0 fully saturated rings. The van der Waals surface area contributed by atoms with Crippen molar-refractivity contribution in [2.75, 3.05) is 5.32 Å². The van der Waals surface area contributed by atoms with Crippen LogP contribution in [0.2, 0.25) is 0 Å². The summed E-state index contributed by atoms with van der Waals surface area (Å²) in [7, 11) is 0. The molecule has 0 aliphatic heterocycles. The van der Waals surface area contributed by atoms with Gasteiger partial charge in [-0.25, -0.2) is 0 Å². The van der Waals surface area contributed by atoms with Crippen molar-refractivity contribution in [2.45, 2.75) is 26.3 Å². The average Bonchev–Trinajstić information content (AvgIpc) is 2.55. The van der Waals surface area contributed by atoms with Crippen LogP contribution in [-0.4, -0.2) is 11.8 Å². The minimum absolute atomic E-state index is 0.108. The van der Waals surface area contributed by atoms with Crippen molar-refractivity contribution in [3.8, 4) is 0 Å². The Morgan fingerprint density at radius 2 is 1.64 bits per heavy atom. The molecular formula is C18H20N2O2. The fraction of sp³-hybridized carbons (Fsp3) is 0.222. The van der Waals surface area contributed by atoms with Gasteiger partial charge >= 0.3 is 0 Å². The van der Waals surface area contributed by atoms with Gasteiger partial charge in [-0.1, -0.05) is 49.4 Å². The summed E-state index contributed by atoms with van der Waals surface area (Å²) in [5.74, 6) is -0.320. The van der Waals surface area contributed by atoms with Crippen molar-refractivity contribution in [1.82, 2.24) is 5.32 Å². The maximum Gasteiger partial charge on any atom is 0.253 e. The van der Waals surface area contributed by atoms with Crippen LogP contribution in [0.25, 0.3) is 0 Å². The summed E-state index contributed by atoms with van der Waals surface area (Å²) in [6, 6.07) is 16.7. The standard InChI is InChI=1S/C18H20N2O2/c1-3-17(21)20-16-12-8-7-11-15(16)18(22)19-13(2)14-9-5-4-6-10-14/h4-13H,3H2,1-2H3,(H,19,22)(H,20,21)/t13-/m0/s1. The van der Waals surface area contributed by atoms with Gasteiger partial charge in [0, 0.05) is 6.42 Å². The van der Waals surface area contributed by atoms with E-state index in [1.54, 1.807) is 31.2 Å². The van der Waals surface area contributed by atoms with Crippen molar-refractivity contribution in [3.05, 3.63) is 65.7 Å². The third-order valence-corrected chi connectivity index (χ3v) is 3.41. The monoisotopic (exact) mass is 296 g/mol. The van der Waals surface area contributed by atoms with Crippen LogP contribution in [0.15, 0.2) is 54.6 Å². The molecular weight excluding hydrogens is 276 g/mol. The number of rotatable bonds is 5. The van der Waals surface area contributed by atoms with Gasteiger partial charge in [0.15, 0.2) is 0 Å². The number of carbonyl (C=O) groups is 2. The lowest BCUT2D eigenvalue weighted by Gasteiger charge is -2.16. The SMILES string of the molecule is CCC(=O)Nc1ccccc1C(=O)N[C@@H](C)c1ccccc1. The Labute approximate surface area is 130 Å². The molecule has 1 atom stereocenters. The highest BCUT2D eigenvalue weighted by Gasteiger charge is 2.15. The van der Waals surface area contributed by atoms with Crippen LogP contribution in [0.4, 0.5) is 5.69 Å². The van der Waals surface area contributed by atoms with E-state index >= 15 is 0 Å². The second-order valence-corrected chi connectivity index (χ2v) is 5.05. The minimum Gasteiger partial charge on any atom is -0.345 e. The van der Waals surface area contributed by atoms with Crippen molar-refractivity contribution in [3.63, 3.8) is 0 Å². The molecule has 0 unspecified atom stereocenters. The summed E-state index contributed by atoms with van der Waals surface area (Å²) in [4.78, 5) is 24.0. The Morgan fingerprint density at radius 3 is 2.32 bits per heavy atom. The van der Waals surface area contributed by atoms with E-state index in [0.29, 0.717) is 17.7 Å². The van der Waals surface area contributed by atoms with E-state index in [2.05, 4.69) is 10.6 Å². The lowest BCUT2D eigenvalue weighted by molar-refractivity contribution is -0.115. The van der Waals surface area contributed by atoms with E-state index < -0.39 is 0 Å². The zero-order chi connectivity index (χ0) is 15.9. The van der Waals surface area contributed by atoms with Crippen molar-refractivity contribution in [2.24, 2.45) is 0 Å². The maximum atomic E-state index is 12.5. The van der Waals surface area contributed by atoms with Crippen molar-refractivity contribution in [1.29, 1.82) is 0 Å². The molecule has 0 radical (unpaired) electrons. The molecule has 0 bridgehead atoms. The smallest absolute Gasteiger partial charge is 0.253 e. The number of anilines is 1. The molecule has 2 aromatic rings. The van der Waals surface area contributed by atoms with Crippen LogP contribution in [0, 0.1) is 0 Å². The van der Waals surface area contributed by atoms with E-state index in [9.17, 15) is 9.59 Å². The molecule has 0 saturated heterocycles. The van der Waals surface area contributed by atoms with Crippen LogP contribution < -0.4 is 10.6 Å². The molecule has 2 aromatic carbocycles. The van der Waals surface area contributed by atoms with Gasteiger partial charge < -0.3 is 10.6 Å². The molecule has 0 spiro atoms. The highest BCUT2D eigenvalue weighted by atomic mass is 16.2. The molecule has 0 heterocycles. The van der Waals surface area contributed by atoms with E-state index in [0.717, 1.165) is 5.56 Å². The molecule has 0 aromatic heterocycles. The first-order valence-electron chi connectivity index (χ1n) is 7.36. The number of nitrogens with one attached hydrogen (secondary N) is 2. The van der Waals surface area contributed by atoms with Gasteiger partial charge in [-0.05, 0) is 24.6 Å². The molecule has 2 N–H and O–H groups in total. The Morgan fingerprint density at radius 1 is 1.00 bits per heavy atom. The minimum atomic E-state index is -0.205. The highest BCUT2D eigenvalue weighted by Crippen LogP contribution is 2.18. The number of carbonyl (C=O) groups excluding carboxylic acids is 2. The van der Waals surface area contributed by atoms with Gasteiger partial charge in [0.1, 0.15) is 0 Å². The summed E-state index contributed by atoms with van der Waals surface area (Å²) >= 11 is 0. The third kappa shape index (κ3) is 3.95. The quantitative estimate of drug-likeness (QED) is 0.887. The van der Waals surface area contributed by atoms with E-state index in [1.165, 1.54) is 0 Å². The largest absolute Gasteiger partial charge is 0.345 e. The highest BCUT2D eigenvalue weighted by molar-refractivity contribution is 6.03. The van der Waals surface area contributed by atoms with Crippen LogP contribution in [-0.2, 0) is 4.79 Å². The second-order valence-electron chi connectivity index (χ2n) is 5.05. The predicted octanol–water partition coefficient (Wildman–Crippen LogP) is 3.53. The summed E-state index contributed by atoms with van der Waals surface area (Å²) in [6.45, 7) is 3.70. The van der Waals surface area contributed by atoms with Gasteiger partial charge in [0.05, 0.1) is 17.3 Å². The number of amides is 2. The van der Waals surface area contributed by atoms with Crippen LogP contribution in [0.5, 0.6) is 0 Å². The van der Waals surface area contributed by atoms with Gasteiger partial charge in [-0.15, -0.1) is 0 Å². The molecule has 0 aliphatic rings.